The van der Waals surface area contributed by atoms with Crippen molar-refractivity contribution in [1.82, 2.24) is 9.62 Å². The molecule has 0 amide bonds. The van der Waals surface area contributed by atoms with Crippen LogP contribution < -0.4 is 14.2 Å². The Morgan fingerprint density at radius 3 is 2.37 bits per heavy atom. The van der Waals surface area contributed by atoms with E-state index in [0.717, 1.165) is 50.4 Å². The molecule has 0 saturated heterocycles. The molecule has 6 nitrogen and oxygen atoms in total. The zero-order chi connectivity index (χ0) is 21.7. The number of sulfonamides is 1. The third-order valence-electron chi connectivity index (χ3n) is 5.19. The van der Waals surface area contributed by atoms with E-state index < -0.39 is 10.0 Å². The summed E-state index contributed by atoms with van der Waals surface area (Å²) in [4.78, 5) is 2.50. The van der Waals surface area contributed by atoms with Crippen LogP contribution in [0.25, 0.3) is 0 Å². The first-order valence-electron chi connectivity index (χ1n) is 9.75. The first kappa shape index (κ1) is 23.2. The number of nitrogens with one attached hydrogen (secondary N) is 1. The Kier molecular flexibility index (Phi) is 7.87. The van der Waals surface area contributed by atoms with Crippen LogP contribution in [0.3, 0.4) is 0 Å². The first-order chi connectivity index (χ1) is 14.3. The molecule has 2 aromatic rings. The molecule has 2 aromatic carbocycles. The molecule has 9 heteroatoms. The fourth-order valence-corrected chi connectivity index (χ4v) is 4.99. The molecule has 0 fully saturated rings. The second kappa shape index (κ2) is 10.2. The number of unbranched alkanes of at least 4 members (excludes halogenated alkanes) is 1. The zero-order valence-electron chi connectivity index (χ0n) is 17.1. The molecule has 0 unspecified atom stereocenters. The van der Waals surface area contributed by atoms with Crippen molar-refractivity contribution in [2.75, 3.05) is 33.9 Å². The Balaban J connectivity index is 1.47. The van der Waals surface area contributed by atoms with Crippen molar-refractivity contribution < 1.29 is 17.9 Å². The number of fused-ring (bicyclic) bond motifs is 1. The fourth-order valence-electron chi connectivity index (χ4n) is 3.53. The minimum atomic E-state index is -3.59. The average Bonchev–Trinajstić information content (AvgIpc) is 2.74. The third kappa shape index (κ3) is 5.59. The van der Waals surface area contributed by atoms with E-state index in [1.165, 1.54) is 29.3 Å². The van der Waals surface area contributed by atoms with Gasteiger partial charge < -0.3 is 9.47 Å². The molecule has 0 atom stereocenters. The van der Waals surface area contributed by atoms with Crippen molar-refractivity contribution >= 4 is 33.2 Å². The summed E-state index contributed by atoms with van der Waals surface area (Å²) in [5.74, 6) is 1.51. The van der Waals surface area contributed by atoms with Crippen LogP contribution in [-0.4, -0.2) is 47.2 Å². The minimum absolute atomic E-state index is 0.119. The molecular weight excluding hydrogens is 447 g/mol. The van der Waals surface area contributed by atoms with E-state index in [0.29, 0.717) is 11.6 Å². The second-order valence-corrected chi connectivity index (χ2v) is 9.76. The molecule has 0 saturated carbocycles. The van der Waals surface area contributed by atoms with Gasteiger partial charge in [-0.3, -0.25) is 4.90 Å². The van der Waals surface area contributed by atoms with Gasteiger partial charge in [0, 0.05) is 19.6 Å². The van der Waals surface area contributed by atoms with E-state index in [9.17, 15) is 8.42 Å². The summed E-state index contributed by atoms with van der Waals surface area (Å²) < 4.78 is 38.1. The van der Waals surface area contributed by atoms with Gasteiger partial charge in [0.1, 0.15) is 0 Å². The summed E-state index contributed by atoms with van der Waals surface area (Å²) in [5.41, 5.74) is 2.54. The molecule has 1 aliphatic heterocycles. The van der Waals surface area contributed by atoms with Crippen molar-refractivity contribution in [3.05, 3.63) is 51.5 Å². The fraction of sp³-hybridized carbons (Fsp3) is 0.429. The van der Waals surface area contributed by atoms with Gasteiger partial charge in [0.25, 0.3) is 0 Å². The van der Waals surface area contributed by atoms with Gasteiger partial charge in [-0.15, -0.1) is 0 Å². The highest BCUT2D eigenvalue weighted by molar-refractivity contribution is 7.89. The number of nitrogens with zero attached hydrogens (tertiary/aromatic N) is 1. The predicted octanol–water partition coefficient (Wildman–Crippen LogP) is 4.13. The summed E-state index contributed by atoms with van der Waals surface area (Å²) in [6.45, 7) is 3.10. The monoisotopic (exact) mass is 472 g/mol. The van der Waals surface area contributed by atoms with Gasteiger partial charge in [-0.05, 0) is 67.3 Å². The van der Waals surface area contributed by atoms with Gasteiger partial charge in [-0.1, -0.05) is 23.2 Å². The van der Waals surface area contributed by atoms with E-state index in [-0.39, 0.29) is 9.92 Å². The van der Waals surface area contributed by atoms with Crippen LogP contribution in [0.15, 0.2) is 35.2 Å². The molecule has 0 spiro atoms. The van der Waals surface area contributed by atoms with Crippen LogP contribution in [0.1, 0.15) is 24.0 Å². The van der Waals surface area contributed by atoms with Gasteiger partial charge in [0.05, 0.1) is 29.2 Å². The van der Waals surface area contributed by atoms with E-state index >= 15 is 0 Å². The van der Waals surface area contributed by atoms with Crippen molar-refractivity contribution in [3.63, 3.8) is 0 Å². The minimum Gasteiger partial charge on any atom is -0.493 e. The largest absolute Gasteiger partial charge is 0.493 e. The Morgan fingerprint density at radius 2 is 1.70 bits per heavy atom. The summed E-state index contributed by atoms with van der Waals surface area (Å²) in [6, 6.07) is 8.40. The molecule has 1 aliphatic rings. The molecule has 0 aromatic heterocycles. The predicted molar refractivity (Wildman–Crippen MR) is 119 cm³/mol. The van der Waals surface area contributed by atoms with Gasteiger partial charge in [-0.2, -0.15) is 0 Å². The smallest absolute Gasteiger partial charge is 0.240 e. The molecule has 1 heterocycles. The number of benzene rings is 2. The summed E-state index contributed by atoms with van der Waals surface area (Å²) in [7, 11) is -0.301. The first-order valence-corrected chi connectivity index (χ1v) is 12.0. The Morgan fingerprint density at radius 1 is 1.00 bits per heavy atom. The van der Waals surface area contributed by atoms with Crippen LogP contribution in [0.5, 0.6) is 11.5 Å². The highest BCUT2D eigenvalue weighted by atomic mass is 35.5. The lowest BCUT2D eigenvalue weighted by Crippen LogP contribution is -2.32. The molecule has 164 valence electrons. The van der Waals surface area contributed by atoms with Crippen LogP contribution in [-0.2, 0) is 23.0 Å². The van der Waals surface area contributed by atoms with Crippen LogP contribution >= 0.6 is 23.2 Å². The quantitative estimate of drug-likeness (QED) is 0.555. The Labute approximate surface area is 188 Å². The Hall–Kier alpha value is -1.51. The SMILES string of the molecule is COc1cc2c(cc1OC)CN(CCCCNS(=O)(=O)c1ccc(Cl)c(Cl)c1)CC2. The van der Waals surface area contributed by atoms with Crippen LogP contribution in [0, 0.1) is 0 Å². The molecule has 3 rings (SSSR count). The molecular formula is C21H26Cl2N2O4S. The average molecular weight is 473 g/mol. The lowest BCUT2D eigenvalue weighted by Gasteiger charge is -2.29. The topological polar surface area (TPSA) is 67.9 Å². The number of halogens is 2. The Bertz CT molecular complexity index is 999. The van der Waals surface area contributed by atoms with E-state index in [4.69, 9.17) is 32.7 Å². The molecule has 0 aliphatic carbocycles. The van der Waals surface area contributed by atoms with Crippen molar-refractivity contribution in [2.24, 2.45) is 0 Å². The van der Waals surface area contributed by atoms with Gasteiger partial charge in [-0.25, -0.2) is 13.1 Å². The molecule has 0 radical (unpaired) electrons. The zero-order valence-corrected chi connectivity index (χ0v) is 19.4. The van der Waals surface area contributed by atoms with Crippen molar-refractivity contribution in [3.8, 4) is 11.5 Å². The maximum Gasteiger partial charge on any atom is 0.240 e. The van der Waals surface area contributed by atoms with Crippen LogP contribution in [0.4, 0.5) is 0 Å². The second-order valence-electron chi connectivity index (χ2n) is 7.18. The number of hydrogen-bond donors (Lipinski definition) is 1. The molecule has 1 N–H and O–H groups in total. The van der Waals surface area contributed by atoms with E-state index in [1.54, 1.807) is 14.2 Å². The van der Waals surface area contributed by atoms with Gasteiger partial charge in [0.15, 0.2) is 11.5 Å². The third-order valence-corrected chi connectivity index (χ3v) is 7.39. The maximum absolute atomic E-state index is 12.4. The van der Waals surface area contributed by atoms with E-state index in [2.05, 4.69) is 15.7 Å². The normalized spacial score (nSPS) is 14.4. The summed E-state index contributed by atoms with van der Waals surface area (Å²) >= 11 is 11.8. The summed E-state index contributed by atoms with van der Waals surface area (Å²) in [5, 5.41) is 0.550. The van der Waals surface area contributed by atoms with Gasteiger partial charge in [0.2, 0.25) is 10.0 Å². The lowest BCUT2D eigenvalue weighted by atomic mass is 9.98. The highest BCUT2D eigenvalue weighted by Gasteiger charge is 2.19. The molecule has 30 heavy (non-hydrogen) atoms. The summed E-state index contributed by atoms with van der Waals surface area (Å²) in [6.07, 6.45) is 2.60. The highest BCUT2D eigenvalue weighted by Crippen LogP contribution is 2.33. The van der Waals surface area contributed by atoms with E-state index in [1.807, 2.05) is 6.07 Å². The number of ether oxygens (including phenoxy) is 2. The van der Waals surface area contributed by atoms with Crippen molar-refractivity contribution in [1.29, 1.82) is 0 Å². The lowest BCUT2D eigenvalue weighted by molar-refractivity contribution is 0.248. The van der Waals surface area contributed by atoms with Crippen LogP contribution in [0.2, 0.25) is 10.0 Å². The van der Waals surface area contributed by atoms with Crippen molar-refractivity contribution in [2.45, 2.75) is 30.7 Å². The number of methoxy groups -OCH3 is 2. The number of hydrogen-bond acceptors (Lipinski definition) is 5. The maximum atomic E-state index is 12.4. The van der Waals surface area contributed by atoms with Gasteiger partial charge >= 0.3 is 0 Å². The molecule has 0 bridgehead atoms. The standard InChI is InChI=1S/C21H26Cl2N2O4S/c1-28-20-11-15-7-10-25(14-16(15)12-21(20)29-2)9-4-3-8-24-30(26,27)17-5-6-18(22)19(23)13-17/h5-6,11-13,24H,3-4,7-10,14H2,1-2H3. The number of rotatable bonds is 9.